The third kappa shape index (κ3) is 1.28. The molecule has 0 radical (unpaired) electrons. The van der Waals surface area contributed by atoms with Crippen molar-refractivity contribution in [1.82, 2.24) is 5.01 Å². The lowest BCUT2D eigenvalue weighted by atomic mass is 10.3. The van der Waals surface area contributed by atoms with E-state index in [9.17, 15) is 0 Å². The van der Waals surface area contributed by atoms with Gasteiger partial charge in [-0.05, 0) is 13.8 Å². The van der Waals surface area contributed by atoms with E-state index in [1.54, 1.807) is 0 Å². The molecule has 0 amide bonds. The Kier molecular flexibility index (Phi) is 1.51. The van der Waals surface area contributed by atoms with Crippen LogP contribution in [-0.4, -0.2) is 17.6 Å². The molecule has 0 aromatic rings. The van der Waals surface area contributed by atoms with Crippen LogP contribution in [0.2, 0.25) is 0 Å². The summed E-state index contributed by atoms with van der Waals surface area (Å²) in [6.07, 6.45) is 0. The SMILES string of the molecule is C=C1CN(C(C)C)N=N1. The average Bonchev–Trinajstić information content (AvgIpc) is 2.14. The van der Waals surface area contributed by atoms with Crippen LogP contribution in [0.15, 0.2) is 22.6 Å². The van der Waals surface area contributed by atoms with Gasteiger partial charge < -0.3 is 0 Å². The fourth-order valence-electron chi connectivity index (χ4n) is 0.657. The maximum absolute atomic E-state index is 3.88. The van der Waals surface area contributed by atoms with Gasteiger partial charge in [0.25, 0.3) is 0 Å². The zero-order valence-electron chi connectivity index (χ0n) is 5.83. The third-order valence-corrected chi connectivity index (χ3v) is 1.24. The number of nitrogens with zero attached hydrogens (tertiary/aromatic N) is 3. The number of hydrogen-bond acceptors (Lipinski definition) is 3. The van der Waals surface area contributed by atoms with Gasteiger partial charge in [-0.2, -0.15) is 0 Å². The predicted molar refractivity (Wildman–Crippen MR) is 35.8 cm³/mol. The minimum Gasteiger partial charge on any atom is -0.270 e. The fourth-order valence-corrected chi connectivity index (χ4v) is 0.657. The summed E-state index contributed by atoms with van der Waals surface area (Å²) < 4.78 is 0. The Morgan fingerprint density at radius 1 is 1.67 bits per heavy atom. The molecular weight excluding hydrogens is 114 g/mol. The highest BCUT2D eigenvalue weighted by molar-refractivity contribution is 4.96. The van der Waals surface area contributed by atoms with Gasteiger partial charge in [-0.1, -0.05) is 11.8 Å². The van der Waals surface area contributed by atoms with Gasteiger partial charge in [-0.25, -0.2) is 0 Å². The first kappa shape index (κ1) is 6.26. The zero-order valence-corrected chi connectivity index (χ0v) is 5.83. The molecule has 1 rings (SSSR count). The molecule has 0 unspecified atom stereocenters. The van der Waals surface area contributed by atoms with E-state index in [0.29, 0.717) is 6.04 Å². The second-order valence-electron chi connectivity index (χ2n) is 2.45. The second-order valence-corrected chi connectivity index (χ2v) is 2.45. The molecule has 1 heterocycles. The van der Waals surface area contributed by atoms with E-state index in [4.69, 9.17) is 0 Å². The highest BCUT2D eigenvalue weighted by Gasteiger charge is 2.12. The van der Waals surface area contributed by atoms with E-state index in [1.807, 2.05) is 5.01 Å². The largest absolute Gasteiger partial charge is 0.270 e. The first-order valence-corrected chi connectivity index (χ1v) is 3.06. The van der Waals surface area contributed by atoms with Gasteiger partial charge in [-0.3, -0.25) is 5.01 Å². The molecule has 3 heteroatoms. The molecule has 0 spiro atoms. The van der Waals surface area contributed by atoms with Crippen LogP contribution >= 0.6 is 0 Å². The van der Waals surface area contributed by atoms with E-state index < -0.39 is 0 Å². The lowest BCUT2D eigenvalue weighted by Gasteiger charge is -2.14. The summed E-state index contributed by atoms with van der Waals surface area (Å²) in [5.74, 6) is 0. The number of rotatable bonds is 1. The van der Waals surface area contributed by atoms with E-state index in [1.165, 1.54) is 0 Å². The topological polar surface area (TPSA) is 28.0 Å². The Morgan fingerprint density at radius 3 is 2.56 bits per heavy atom. The van der Waals surface area contributed by atoms with Gasteiger partial charge in [0.15, 0.2) is 0 Å². The summed E-state index contributed by atoms with van der Waals surface area (Å²) in [6.45, 7) is 8.64. The molecule has 1 aliphatic rings. The predicted octanol–water partition coefficient (Wildman–Crippen LogP) is 1.59. The van der Waals surface area contributed by atoms with Crippen LogP contribution in [-0.2, 0) is 0 Å². The Balaban J connectivity index is 2.50. The molecule has 0 saturated heterocycles. The van der Waals surface area contributed by atoms with Crippen molar-refractivity contribution in [2.75, 3.05) is 6.54 Å². The van der Waals surface area contributed by atoms with Crippen molar-refractivity contribution in [3.63, 3.8) is 0 Å². The maximum Gasteiger partial charge on any atom is 0.0816 e. The van der Waals surface area contributed by atoms with Gasteiger partial charge in [-0.15, -0.1) is 5.11 Å². The maximum atomic E-state index is 3.88. The van der Waals surface area contributed by atoms with Crippen molar-refractivity contribution in [3.8, 4) is 0 Å². The Bertz CT molecular complexity index is 148. The Labute approximate surface area is 55.0 Å². The van der Waals surface area contributed by atoms with Crippen LogP contribution in [0.4, 0.5) is 0 Å². The quantitative estimate of drug-likeness (QED) is 0.523. The zero-order chi connectivity index (χ0) is 6.85. The minimum atomic E-state index is 0.438. The summed E-state index contributed by atoms with van der Waals surface area (Å²) in [7, 11) is 0. The molecule has 9 heavy (non-hydrogen) atoms. The summed E-state index contributed by atoms with van der Waals surface area (Å²) >= 11 is 0. The van der Waals surface area contributed by atoms with Crippen molar-refractivity contribution >= 4 is 0 Å². The van der Waals surface area contributed by atoms with Gasteiger partial charge in [0.1, 0.15) is 0 Å². The van der Waals surface area contributed by atoms with Gasteiger partial charge in [0, 0.05) is 6.04 Å². The van der Waals surface area contributed by atoms with Crippen molar-refractivity contribution in [1.29, 1.82) is 0 Å². The molecule has 0 aromatic carbocycles. The molecular formula is C6H11N3. The van der Waals surface area contributed by atoms with Crippen LogP contribution in [0.5, 0.6) is 0 Å². The van der Waals surface area contributed by atoms with Gasteiger partial charge in [0.2, 0.25) is 0 Å². The lowest BCUT2D eigenvalue weighted by molar-refractivity contribution is 0.263. The molecule has 50 valence electrons. The van der Waals surface area contributed by atoms with Crippen molar-refractivity contribution in [2.24, 2.45) is 10.3 Å². The first-order valence-electron chi connectivity index (χ1n) is 3.06. The van der Waals surface area contributed by atoms with E-state index in [0.717, 1.165) is 12.2 Å². The van der Waals surface area contributed by atoms with E-state index in [-0.39, 0.29) is 0 Å². The van der Waals surface area contributed by atoms with Crippen molar-refractivity contribution in [3.05, 3.63) is 12.3 Å². The van der Waals surface area contributed by atoms with Gasteiger partial charge in [0.05, 0.1) is 12.2 Å². The Hall–Kier alpha value is -0.860. The average molecular weight is 125 g/mol. The van der Waals surface area contributed by atoms with Crippen LogP contribution in [0.3, 0.4) is 0 Å². The first-order chi connectivity index (χ1) is 4.20. The lowest BCUT2D eigenvalue weighted by Crippen LogP contribution is -2.22. The highest BCUT2D eigenvalue weighted by Crippen LogP contribution is 2.12. The van der Waals surface area contributed by atoms with E-state index in [2.05, 4.69) is 30.8 Å². The molecule has 0 N–H and O–H groups in total. The molecule has 1 aliphatic heterocycles. The molecule has 0 aliphatic carbocycles. The van der Waals surface area contributed by atoms with Gasteiger partial charge >= 0.3 is 0 Å². The molecule has 0 atom stereocenters. The second kappa shape index (κ2) is 2.17. The molecule has 3 nitrogen and oxygen atoms in total. The standard InChI is InChI=1S/C6H11N3/c1-5(2)9-4-6(3)7-8-9/h5H,3-4H2,1-2H3. The molecule has 0 aromatic heterocycles. The monoisotopic (exact) mass is 125 g/mol. The van der Waals surface area contributed by atoms with Crippen LogP contribution in [0.1, 0.15) is 13.8 Å². The smallest absolute Gasteiger partial charge is 0.0816 e. The van der Waals surface area contributed by atoms with Crippen LogP contribution < -0.4 is 0 Å². The molecule has 0 saturated carbocycles. The normalized spacial score (nSPS) is 18.1. The summed E-state index contributed by atoms with van der Waals surface area (Å²) in [6, 6.07) is 0.438. The van der Waals surface area contributed by atoms with Crippen molar-refractivity contribution in [2.45, 2.75) is 19.9 Å². The van der Waals surface area contributed by atoms with Crippen LogP contribution in [0.25, 0.3) is 0 Å². The summed E-state index contributed by atoms with van der Waals surface area (Å²) in [5, 5.41) is 9.58. The molecule has 0 fully saturated rings. The Morgan fingerprint density at radius 2 is 2.33 bits per heavy atom. The van der Waals surface area contributed by atoms with Crippen LogP contribution in [0, 0.1) is 0 Å². The van der Waals surface area contributed by atoms with Crippen molar-refractivity contribution < 1.29 is 0 Å². The van der Waals surface area contributed by atoms with E-state index >= 15 is 0 Å². The summed E-state index contributed by atoms with van der Waals surface area (Å²) in [5.41, 5.74) is 0.851. The number of hydrogen-bond donors (Lipinski definition) is 0. The fraction of sp³-hybridized carbons (Fsp3) is 0.667. The molecule has 0 bridgehead atoms. The highest BCUT2D eigenvalue weighted by atomic mass is 15.6. The summed E-state index contributed by atoms with van der Waals surface area (Å²) in [4.78, 5) is 0. The third-order valence-electron chi connectivity index (χ3n) is 1.24. The minimum absolute atomic E-state index is 0.438.